The third-order valence-corrected chi connectivity index (χ3v) is 5.67. The van der Waals surface area contributed by atoms with E-state index in [4.69, 9.17) is 9.47 Å². The third kappa shape index (κ3) is 6.15. The molecule has 0 radical (unpaired) electrons. The van der Waals surface area contributed by atoms with Crippen LogP contribution in [0.4, 0.5) is 0 Å². The molecule has 0 atom stereocenters. The Morgan fingerprint density at radius 3 is 2.48 bits per heavy atom. The summed E-state index contributed by atoms with van der Waals surface area (Å²) in [4.78, 5) is 28.0. The van der Waals surface area contributed by atoms with E-state index in [0.29, 0.717) is 17.1 Å². The first-order chi connectivity index (χ1) is 15.1. The highest BCUT2D eigenvalue weighted by molar-refractivity contribution is 8.00. The molecule has 1 heterocycles. The SMILES string of the molecule is CCOC(=O)c1c(-c2ccccc2)c[nH]c1SCC(=O)NCCc1ccc(OC)cc1. The van der Waals surface area contributed by atoms with Crippen LogP contribution in [0.25, 0.3) is 11.1 Å². The minimum Gasteiger partial charge on any atom is -0.497 e. The number of aromatic nitrogens is 1. The molecule has 31 heavy (non-hydrogen) atoms. The number of hydrogen-bond acceptors (Lipinski definition) is 5. The Hall–Kier alpha value is -3.19. The van der Waals surface area contributed by atoms with Crippen LogP contribution in [-0.2, 0) is 16.0 Å². The number of benzene rings is 2. The number of methoxy groups -OCH3 is 1. The summed E-state index contributed by atoms with van der Waals surface area (Å²) in [7, 11) is 1.63. The molecule has 0 saturated heterocycles. The number of thioether (sulfide) groups is 1. The fraction of sp³-hybridized carbons (Fsp3) is 0.250. The summed E-state index contributed by atoms with van der Waals surface area (Å²) in [6.45, 7) is 2.60. The van der Waals surface area contributed by atoms with Gasteiger partial charge in [0.2, 0.25) is 5.91 Å². The number of H-pyrrole nitrogens is 1. The number of carbonyl (C=O) groups excluding carboxylic acids is 2. The van der Waals surface area contributed by atoms with E-state index < -0.39 is 5.97 Å². The van der Waals surface area contributed by atoms with Crippen molar-refractivity contribution < 1.29 is 19.1 Å². The van der Waals surface area contributed by atoms with Gasteiger partial charge in [-0.2, -0.15) is 0 Å². The van der Waals surface area contributed by atoms with Crippen LogP contribution in [0.5, 0.6) is 5.75 Å². The van der Waals surface area contributed by atoms with E-state index in [1.165, 1.54) is 11.8 Å². The van der Waals surface area contributed by atoms with Gasteiger partial charge < -0.3 is 19.8 Å². The van der Waals surface area contributed by atoms with Crippen molar-refractivity contribution in [2.45, 2.75) is 18.4 Å². The number of hydrogen-bond donors (Lipinski definition) is 2. The predicted octanol–water partition coefficient (Wildman–Crippen LogP) is 4.32. The molecule has 0 spiro atoms. The average Bonchev–Trinajstić information content (AvgIpc) is 3.23. The average molecular weight is 439 g/mol. The minimum absolute atomic E-state index is 0.0934. The molecule has 3 aromatic rings. The van der Waals surface area contributed by atoms with Crippen molar-refractivity contribution in [1.82, 2.24) is 10.3 Å². The fourth-order valence-corrected chi connectivity index (χ4v) is 3.95. The van der Waals surface area contributed by atoms with Gasteiger partial charge in [0.1, 0.15) is 5.75 Å². The molecule has 1 aromatic heterocycles. The molecule has 0 aliphatic rings. The van der Waals surface area contributed by atoms with Crippen LogP contribution in [0.1, 0.15) is 22.8 Å². The molecule has 0 bridgehead atoms. The summed E-state index contributed by atoms with van der Waals surface area (Å²) in [5.41, 5.74) is 3.26. The van der Waals surface area contributed by atoms with Gasteiger partial charge in [-0.1, -0.05) is 54.2 Å². The van der Waals surface area contributed by atoms with Crippen LogP contribution >= 0.6 is 11.8 Å². The number of rotatable bonds is 10. The normalized spacial score (nSPS) is 10.5. The Bertz CT molecular complexity index is 1000. The van der Waals surface area contributed by atoms with Crippen LogP contribution in [0.2, 0.25) is 0 Å². The third-order valence-electron chi connectivity index (χ3n) is 4.65. The Balaban J connectivity index is 1.59. The van der Waals surface area contributed by atoms with Crippen molar-refractivity contribution in [2.24, 2.45) is 0 Å². The number of amides is 1. The molecule has 0 aliphatic carbocycles. The minimum atomic E-state index is -0.398. The summed E-state index contributed by atoms with van der Waals surface area (Å²) in [6, 6.07) is 17.4. The molecular weight excluding hydrogens is 412 g/mol. The standard InChI is InChI=1S/C24H26N2O4S/c1-3-30-24(28)22-20(18-7-5-4-6-8-18)15-26-23(22)31-16-21(27)25-14-13-17-9-11-19(29-2)12-10-17/h4-12,15,26H,3,13-14,16H2,1-2H3,(H,25,27). The molecule has 3 rings (SSSR count). The maximum Gasteiger partial charge on any atom is 0.341 e. The van der Waals surface area contributed by atoms with Gasteiger partial charge in [0.25, 0.3) is 0 Å². The molecule has 0 saturated carbocycles. The lowest BCUT2D eigenvalue weighted by atomic mass is 10.1. The lowest BCUT2D eigenvalue weighted by Crippen LogP contribution is -2.27. The van der Waals surface area contributed by atoms with Crippen molar-refractivity contribution in [2.75, 3.05) is 26.0 Å². The van der Waals surface area contributed by atoms with Crippen molar-refractivity contribution in [1.29, 1.82) is 0 Å². The number of carbonyl (C=O) groups is 2. The van der Waals surface area contributed by atoms with Gasteiger partial charge in [-0.05, 0) is 36.6 Å². The quantitative estimate of drug-likeness (QED) is 0.364. The van der Waals surface area contributed by atoms with Crippen LogP contribution < -0.4 is 10.1 Å². The maximum atomic E-state index is 12.6. The maximum absolute atomic E-state index is 12.6. The van der Waals surface area contributed by atoms with Gasteiger partial charge in [-0.25, -0.2) is 4.79 Å². The molecule has 1 amide bonds. The monoisotopic (exact) mass is 438 g/mol. The van der Waals surface area contributed by atoms with Crippen molar-refractivity contribution in [3.63, 3.8) is 0 Å². The zero-order valence-corrected chi connectivity index (χ0v) is 18.5. The first-order valence-corrected chi connectivity index (χ1v) is 11.1. The molecule has 2 N–H and O–H groups in total. The zero-order valence-electron chi connectivity index (χ0n) is 17.6. The first-order valence-electron chi connectivity index (χ1n) is 10.1. The smallest absolute Gasteiger partial charge is 0.341 e. The van der Waals surface area contributed by atoms with Crippen molar-refractivity contribution in [3.05, 3.63) is 71.9 Å². The van der Waals surface area contributed by atoms with E-state index in [-0.39, 0.29) is 18.3 Å². The van der Waals surface area contributed by atoms with Crippen LogP contribution in [0.3, 0.4) is 0 Å². The number of aromatic amines is 1. The molecule has 6 nitrogen and oxygen atoms in total. The molecule has 0 fully saturated rings. The van der Waals surface area contributed by atoms with Gasteiger partial charge in [-0.15, -0.1) is 0 Å². The van der Waals surface area contributed by atoms with E-state index in [9.17, 15) is 9.59 Å². The van der Waals surface area contributed by atoms with Crippen molar-refractivity contribution in [3.8, 4) is 16.9 Å². The molecule has 2 aromatic carbocycles. The Morgan fingerprint density at radius 1 is 1.06 bits per heavy atom. The topological polar surface area (TPSA) is 80.4 Å². The summed E-state index contributed by atoms with van der Waals surface area (Å²) in [5, 5.41) is 3.55. The summed E-state index contributed by atoms with van der Waals surface area (Å²) < 4.78 is 10.4. The largest absolute Gasteiger partial charge is 0.497 e. The van der Waals surface area contributed by atoms with Crippen LogP contribution in [0, 0.1) is 0 Å². The van der Waals surface area contributed by atoms with Crippen LogP contribution in [0.15, 0.2) is 65.8 Å². The predicted molar refractivity (Wildman–Crippen MR) is 123 cm³/mol. The van der Waals surface area contributed by atoms with Gasteiger partial charge in [-0.3, -0.25) is 4.79 Å². The Labute approximate surface area is 186 Å². The second-order valence-electron chi connectivity index (χ2n) is 6.73. The van der Waals surface area contributed by atoms with Crippen LogP contribution in [-0.4, -0.2) is 42.9 Å². The first kappa shape index (κ1) is 22.5. The van der Waals surface area contributed by atoms with E-state index in [2.05, 4.69) is 10.3 Å². The lowest BCUT2D eigenvalue weighted by Gasteiger charge is -2.08. The zero-order chi connectivity index (χ0) is 22.1. The highest BCUT2D eigenvalue weighted by atomic mass is 32.2. The molecule has 7 heteroatoms. The second kappa shape index (κ2) is 11.3. The van der Waals surface area contributed by atoms with Gasteiger partial charge >= 0.3 is 5.97 Å². The van der Waals surface area contributed by atoms with E-state index in [1.54, 1.807) is 20.2 Å². The molecular formula is C24H26N2O4S. The highest BCUT2D eigenvalue weighted by Crippen LogP contribution is 2.32. The lowest BCUT2D eigenvalue weighted by molar-refractivity contribution is -0.118. The van der Waals surface area contributed by atoms with Gasteiger partial charge in [0.05, 0.1) is 30.1 Å². The number of ether oxygens (including phenoxy) is 2. The molecule has 0 unspecified atom stereocenters. The van der Waals surface area contributed by atoms with E-state index in [1.807, 2.05) is 54.6 Å². The van der Waals surface area contributed by atoms with Gasteiger partial charge in [0, 0.05) is 18.3 Å². The highest BCUT2D eigenvalue weighted by Gasteiger charge is 2.22. The summed E-state index contributed by atoms with van der Waals surface area (Å²) in [5.74, 6) is 0.514. The number of esters is 1. The number of nitrogens with one attached hydrogen (secondary N) is 2. The van der Waals surface area contributed by atoms with Crippen molar-refractivity contribution >= 4 is 23.6 Å². The second-order valence-corrected chi connectivity index (χ2v) is 7.72. The molecule has 162 valence electrons. The fourth-order valence-electron chi connectivity index (χ4n) is 3.10. The Morgan fingerprint density at radius 2 is 1.81 bits per heavy atom. The summed E-state index contributed by atoms with van der Waals surface area (Å²) in [6.07, 6.45) is 2.51. The van der Waals surface area contributed by atoms with E-state index >= 15 is 0 Å². The Kier molecular flexibility index (Phi) is 8.18. The summed E-state index contributed by atoms with van der Waals surface area (Å²) >= 11 is 1.29. The van der Waals surface area contributed by atoms with Gasteiger partial charge in [0.15, 0.2) is 0 Å². The van der Waals surface area contributed by atoms with E-state index in [0.717, 1.165) is 28.9 Å². The molecule has 0 aliphatic heterocycles.